The fourth-order valence-electron chi connectivity index (χ4n) is 1.61. The standard InChI is InChI=1S/C15H12ClFN2O/c16-12-3-6-14(17)15(9-12)19-7-8-20-13-4-1-11(10-18)2-5-13/h1-6,9,19H,7-8H2. The molecular weight excluding hydrogens is 279 g/mol. The lowest BCUT2D eigenvalue weighted by Gasteiger charge is -2.09. The van der Waals surface area contributed by atoms with E-state index in [0.29, 0.717) is 35.2 Å². The van der Waals surface area contributed by atoms with Crippen molar-refractivity contribution in [3.8, 4) is 11.8 Å². The number of hydrogen-bond donors (Lipinski definition) is 1. The van der Waals surface area contributed by atoms with E-state index < -0.39 is 0 Å². The van der Waals surface area contributed by atoms with Gasteiger partial charge in [-0.25, -0.2) is 4.39 Å². The molecule has 102 valence electrons. The molecule has 0 unspecified atom stereocenters. The Bertz CT molecular complexity index is 623. The molecule has 0 amide bonds. The van der Waals surface area contributed by atoms with E-state index in [4.69, 9.17) is 21.6 Å². The van der Waals surface area contributed by atoms with Crippen LogP contribution in [-0.4, -0.2) is 13.2 Å². The van der Waals surface area contributed by atoms with Crippen LogP contribution in [0, 0.1) is 17.1 Å². The molecule has 0 aliphatic heterocycles. The molecule has 1 N–H and O–H groups in total. The zero-order chi connectivity index (χ0) is 14.4. The Balaban J connectivity index is 1.81. The van der Waals surface area contributed by atoms with E-state index in [-0.39, 0.29) is 5.82 Å². The Morgan fingerprint density at radius 2 is 1.95 bits per heavy atom. The highest BCUT2D eigenvalue weighted by molar-refractivity contribution is 6.30. The first-order valence-electron chi connectivity index (χ1n) is 6.01. The lowest BCUT2D eigenvalue weighted by molar-refractivity contribution is 0.332. The van der Waals surface area contributed by atoms with Gasteiger partial charge in [0, 0.05) is 11.6 Å². The lowest BCUT2D eigenvalue weighted by atomic mass is 10.2. The summed E-state index contributed by atoms with van der Waals surface area (Å²) in [6, 6.07) is 13.2. The van der Waals surface area contributed by atoms with E-state index >= 15 is 0 Å². The van der Waals surface area contributed by atoms with E-state index in [1.54, 1.807) is 24.3 Å². The molecule has 0 radical (unpaired) electrons. The minimum atomic E-state index is -0.354. The SMILES string of the molecule is N#Cc1ccc(OCCNc2cc(Cl)ccc2F)cc1. The van der Waals surface area contributed by atoms with Gasteiger partial charge in [0.2, 0.25) is 0 Å². The van der Waals surface area contributed by atoms with Gasteiger partial charge < -0.3 is 10.1 Å². The number of nitrogens with one attached hydrogen (secondary N) is 1. The Morgan fingerprint density at radius 1 is 1.20 bits per heavy atom. The van der Waals surface area contributed by atoms with Crippen LogP contribution in [0.2, 0.25) is 5.02 Å². The molecule has 0 saturated heterocycles. The Hall–Kier alpha value is -2.25. The first-order valence-corrected chi connectivity index (χ1v) is 6.39. The van der Waals surface area contributed by atoms with Crippen LogP contribution in [-0.2, 0) is 0 Å². The number of ether oxygens (including phenoxy) is 1. The summed E-state index contributed by atoms with van der Waals surface area (Å²) in [7, 11) is 0. The van der Waals surface area contributed by atoms with E-state index in [9.17, 15) is 4.39 Å². The summed E-state index contributed by atoms with van der Waals surface area (Å²) in [6.45, 7) is 0.815. The molecule has 0 atom stereocenters. The van der Waals surface area contributed by atoms with Crippen LogP contribution in [0.5, 0.6) is 5.75 Å². The van der Waals surface area contributed by atoms with Gasteiger partial charge in [0.1, 0.15) is 18.2 Å². The van der Waals surface area contributed by atoms with Crippen molar-refractivity contribution in [1.82, 2.24) is 0 Å². The topological polar surface area (TPSA) is 45.0 Å². The predicted octanol–water partition coefficient (Wildman–Crippen LogP) is 3.84. The molecule has 0 fully saturated rings. The molecule has 5 heteroatoms. The number of hydrogen-bond acceptors (Lipinski definition) is 3. The van der Waals surface area contributed by atoms with E-state index in [2.05, 4.69) is 5.32 Å². The quantitative estimate of drug-likeness (QED) is 0.851. The van der Waals surface area contributed by atoms with Gasteiger partial charge in [0.25, 0.3) is 0 Å². The maximum absolute atomic E-state index is 13.4. The molecule has 2 aromatic carbocycles. The largest absolute Gasteiger partial charge is 0.492 e. The summed E-state index contributed by atoms with van der Waals surface area (Å²) in [4.78, 5) is 0. The molecule has 2 rings (SSSR count). The van der Waals surface area contributed by atoms with E-state index in [0.717, 1.165) is 0 Å². The molecule has 0 saturated carbocycles. The van der Waals surface area contributed by atoms with E-state index in [1.165, 1.54) is 18.2 Å². The first kappa shape index (κ1) is 14.2. The second-order valence-corrected chi connectivity index (χ2v) is 4.47. The van der Waals surface area contributed by atoms with Gasteiger partial charge in [-0.15, -0.1) is 0 Å². The second-order valence-electron chi connectivity index (χ2n) is 4.04. The third-order valence-corrected chi connectivity index (χ3v) is 2.83. The summed E-state index contributed by atoms with van der Waals surface area (Å²) in [5.74, 6) is 0.310. The first-order chi connectivity index (χ1) is 9.69. The molecule has 0 aliphatic rings. The molecule has 2 aromatic rings. The molecule has 3 nitrogen and oxygen atoms in total. The van der Waals surface area contributed by atoms with Gasteiger partial charge in [-0.05, 0) is 42.5 Å². The van der Waals surface area contributed by atoms with Crippen molar-refractivity contribution in [2.45, 2.75) is 0 Å². The lowest BCUT2D eigenvalue weighted by Crippen LogP contribution is -2.12. The summed E-state index contributed by atoms with van der Waals surface area (Å²) in [6.07, 6.45) is 0. The normalized spacial score (nSPS) is 9.85. The zero-order valence-electron chi connectivity index (χ0n) is 10.6. The Kier molecular flexibility index (Phi) is 4.80. The van der Waals surface area contributed by atoms with Gasteiger partial charge in [0.05, 0.1) is 17.3 Å². The third-order valence-electron chi connectivity index (χ3n) is 2.60. The number of rotatable bonds is 5. The molecule has 20 heavy (non-hydrogen) atoms. The number of nitriles is 1. The van der Waals surface area contributed by atoms with Crippen LogP contribution in [0.4, 0.5) is 10.1 Å². The fourth-order valence-corrected chi connectivity index (χ4v) is 1.79. The van der Waals surface area contributed by atoms with Crippen LogP contribution in [0.15, 0.2) is 42.5 Å². The second kappa shape index (κ2) is 6.78. The summed E-state index contributed by atoms with van der Waals surface area (Å²) in [5, 5.41) is 12.1. The predicted molar refractivity (Wildman–Crippen MR) is 76.6 cm³/mol. The summed E-state index contributed by atoms with van der Waals surface area (Å²) < 4.78 is 18.9. The van der Waals surface area contributed by atoms with Crippen molar-refractivity contribution < 1.29 is 9.13 Å². The minimum Gasteiger partial charge on any atom is -0.492 e. The molecular formula is C15H12ClFN2O. The average molecular weight is 291 g/mol. The highest BCUT2D eigenvalue weighted by Crippen LogP contribution is 2.19. The van der Waals surface area contributed by atoms with Crippen molar-refractivity contribution >= 4 is 17.3 Å². The molecule has 0 bridgehead atoms. The Morgan fingerprint density at radius 3 is 2.65 bits per heavy atom. The smallest absolute Gasteiger partial charge is 0.146 e. The molecule has 0 aromatic heterocycles. The highest BCUT2D eigenvalue weighted by atomic mass is 35.5. The van der Waals surface area contributed by atoms with Crippen molar-refractivity contribution in [2.24, 2.45) is 0 Å². The van der Waals surface area contributed by atoms with Gasteiger partial charge in [-0.3, -0.25) is 0 Å². The van der Waals surface area contributed by atoms with Crippen molar-refractivity contribution in [2.75, 3.05) is 18.5 Å². The van der Waals surface area contributed by atoms with Crippen LogP contribution in [0.25, 0.3) is 0 Å². The van der Waals surface area contributed by atoms with Crippen LogP contribution in [0.3, 0.4) is 0 Å². The van der Waals surface area contributed by atoms with Crippen LogP contribution < -0.4 is 10.1 Å². The van der Waals surface area contributed by atoms with Gasteiger partial charge in [0.15, 0.2) is 0 Å². The third kappa shape index (κ3) is 3.87. The van der Waals surface area contributed by atoms with Gasteiger partial charge in [-0.1, -0.05) is 11.6 Å². The maximum atomic E-state index is 13.4. The average Bonchev–Trinajstić information content (AvgIpc) is 2.47. The van der Waals surface area contributed by atoms with Gasteiger partial charge in [-0.2, -0.15) is 5.26 Å². The molecule has 0 spiro atoms. The minimum absolute atomic E-state index is 0.348. The monoisotopic (exact) mass is 290 g/mol. The fraction of sp³-hybridized carbons (Fsp3) is 0.133. The number of benzene rings is 2. The maximum Gasteiger partial charge on any atom is 0.146 e. The molecule has 0 heterocycles. The number of nitrogens with zero attached hydrogens (tertiary/aromatic N) is 1. The molecule has 0 aliphatic carbocycles. The van der Waals surface area contributed by atoms with Crippen molar-refractivity contribution in [3.63, 3.8) is 0 Å². The zero-order valence-corrected chi connectivity index (χ0v) is 11.3. The number of anilines is 1. The number of halogens is 2. The Labute approximate surface area is 121 Å². The summed E-state index contributed by atoms with van der Waals surface area (Å²) in [5.41, 5.74) is 0.928. The van der Waals surface area contributed by atoms with Crippen LogP contribution >= 0.6 is 11.6 Å². The van der Waals surface area contributed by atoms with Crippen molar-refractivity contribution in [1.29, 1.82) is 5.26 Å². The van der Waals surface area contributed by atoms with E-state index in [1.807, 2.05) is 6.07 Å². The summed E-state index contributed by atoms with van der Waals surface area (Å²) >= 11 is 5.79. The van der Waals surface area contributed by atoms with Crippen LogP contribution in [0.1, 0.15) is 5.56 Å². The van der Waals surface area contributed by atoms with Gasteiger partial charge >= 0.3 is 0 Å². The van der Waals surface area contributed by atoms with Crippen molar-refractivity contribution in [3.05, 3.63) is 58.9 Å². The highest BCUT2D eigenvalue weighted by Gasteiger charge is 2.02.